The largest absolute Gasteiger partial charge is 0.346 e. The fourth-order valence-corrected chi connectivity index (χ4v) is 1.09. The van der Waals surface area contributed by atoms with E-state index in [1.165, 1.54) is 0 Å². The van der Waals surface area contributed by atoms with Crippen LogP contribution in [0.15, 0.2) is 12.4 Å². The number of hydrogen-bond acceptors (Lipinski definition) is 3. The van der Waals surface area contributed by atoms with Crippen molar-refractivity contribution in [1.29, 1.82) is 5.26 Å². The fraction of sp³-hybridized carbons (Fsp3) is 0.125. The minimum atomic E-state index is 0.198. The van der Waals surface area contributed by atoms with Crippen LogP contribution in [0.2, 0.25) is 0 Å². The van der Waals surface area contributed by atoms with Gasteiger partial charge in [-0.2, -0.15) is 5.26 Å². The number of nitrogens with one attached hydrogen (secondary N) is 1. The molecule has 2 aromatic rings. The van der Waals surface area contributed by atoms with Gasteiger partial charge >= 0.3 is 0 Å². The lowest BCUT2D eigenvalue weighted by Crippen LogP contribution is -1.87. The van der Waals surface area contributed by atoms with E-state index in [1.54, 1.807) is 6.20 Å². The Morgan fingerprint density at radius 3 is 3.17 bits per heavy atom. The van der Waals surface area contributed by atoms with Crippen LogP contribution in [0.5, 0.6) is 0 Å². The molecule has 0 saturated heterocycles. The third-order valence-electron chi connectivity index (χ3n) is 1.74. The van der Waals surface area contributed by atoms with Crippen molar-refractivity contribution in [3.8, 4) is 6.07 Å². The summed E-state index contributed by atoms with van der Waals surface area (Å²) in [5.74, 6) is 0.198. The van der Waals surface area contributed by atoms with Crippen molar-refractivity contribution in [1.82, 2.24) is 15.0 Å². The first-order chi connectivity index (χ1) is 5.81. The lowest BCUT2D eigenvalue weighted by molar-refractivity contribution is 1.14. The van der Waals surface area contributed by atoms with Crippen LogP contribution in [0, 0.1) is 18.3 Å². The molecule has 0 radical (unpaired) electrons. The highest BCUT2D eigenvalue weighted by molar-refractivity contribution is 5.78. The fourth-order valence-electron chi connectivity index (χ4n) is 1.09. The average molecular weight is 158 g/mol. The molecule has 0 bridgehead atoms. The summed E-state index contributed by atoms with van der Waals surface area (Å²) in [6.07, 6.45) is 3.51. The van der Waals surface area contributed by atoms with Crippen molar-refractivity contribution in [3.05, 3.63) is 23.8 Å². The van der Waals surface area contributed by atoms with Gasteiger partial charge in [0.05, 0.1) is 0 Å². The molecule has 0 saturated carbocycles. The van der Waals surface area contributed by atoms with Crippen LogP contribution >= 0.6 is 0 Å². The molecule has 2 aromatic heterocycles. The van der Waals surface area contributed by atoms with E-state index in [-0.39, 0.29) is 5.82 Å². The summed E-state index contributed by atoms with van der Waals surface area (Å²) < 4.78 is 0. The first-order valence-electron chi connectivity index (χ1n) is 3.52. The molecule has 0 aliphatic heterocycles. The van der Waals surface area contributed by atoms with Crippen LogP contribution in [0.4, 0.5) is 0 Å². The normalized spacial score (nSPS) is 10.0. The predicted molar refractivity (Wildman–Crippen MR) is 43.3 cm³/mol. The molecular formula is C8H6N4. The third kappa shape index (κ3) is 0.839. The summed E-state index contributed by atoms with van der Waals surface area (Å²) in [6, 6.07) is 1.89. The summed E-state index contributed by atoms with van der Waals surface area (Å²) in [4.78, 5) is 10.8. The van der Waals surface area contributed by atoms with Crippen LogP contribution in [0.1, 0.15) is 11.4 Å². The highest BCUT2D eigenvalue weighted by atomic mass is 14.9. The topological polar surface area (TPSA) is 65.4 Å². The van der Waals surface area contributed by atoms with E-state index in [9.17, 15) is 0 Å². The number of hydrogen-bond donors (Lipinski definition) is 1. The molecule has 2 rings (SSSR count). The molecule has 1 N–H and O–H groups in total. The average Bonchev–Trinajstić information content (AvgIpc) is 2.47. The van der Waals surface area contributed by atoms with Gasteiger partial charge in [0, 0.05) is 17.8 Å². The predicted octanol–water partition coefficient (Wildman–Crippen LogP) is 1.14. The van der Waals surface area contributed by atoms with Gasteiger partial charge in [-0.15, -0.1) is 0 Å². The third-order valence-corrected chi connectivity index (χ3v) is 1.74. The molecular weight excluding hydrogens is 152 g/mol. The van der Waals surface area contributed by atoms with Gasteiger partial charge in [0.15, 0.2) is 0 Å². The zero-order chi connectivity index (χ0) is 8.55. The summed E-state index contributed by atoms with van der Waals surface area (Å²) in [5, 5.41) is 9.48. The zero-order valence-electron chi connectivity index (χ0n) is 6.50. The number of nitrogens with zero attached hydrogens (tertiary/aromatic N) is 3. The van der Waals surface area contributed by atoms with E-state index in [2.05, 4.69) is 15.0 Å². The maximum absolute atomic E-state index is 8.51. The molecule has 4 heteroatoms. The first-order valence-corrected chi connectivity index (χ1v) is 3.52. The number of aryl methyl sites for hydroxylation is 1. The summed E-state index contributed by atoms with van der Waals surface area (Å²) in [7, 11) is 0. The molecule has 4 nitrogen and oxygen atoms in total. The number of fused-ring (bicyclic) bond motifs is 1. The Morgan fingerprint density at radius 2 is 2.42 bits per heavy atom. The highest BCUT2D eigenvalue weighted by Gasteiger charge is 2.01. The van der Waals surface area contributed by atoms with E-state index in [0.29, 0.717) is 0 Å². The molecule has 12 heavy (non-hydrogen) atoms. The number of nitriles is 1. The molecule has 0 unspecified atom stereocenters. The maximum Gasteiger partial charge on any atom is 0.234 e. The SMILES string of the molecule is Cc1c[nH]c2nc(C#N)ncc12. The Bertz CT molecular complexity index is 463. The lowest BCUT2D eigenvalue weighted by atomic mass is 10.3. The van der Waals surface area contributed by atoms with Crippen LogP contribution in [-0.2, 0) is 0 Å². The standard InChI is InChI=1S/C8H6N4/c1-5-3-11-8-6(5)4-10-7(2-9)12-8/h3-4H,1H3,(H,10,11,12). The van der Waals surface area contributed by atoms with Crippen molar-refractivity contribution >= 4 is 11.0 Å². The Kier molecular flexibility index (Phi) is 1.31. The van der Waals surface area contributed by atoms with Crippen molar-refractivity contribution in [2.75, 3.05) is 0 Å². The number of H-pyrrole nitrogens is 1. The minimum Gasteiger partial charge on any atom is -0.346 e. The quantitative estimate of drug-likeness (QED) is 0.625. The van der Waals surface area contributed by atoms with Gasteiger partial charge in [-0.05, 0) is 12.5 Å². The lowest BCUT2D eigenvalue weighted by Gasteiger charge is -1.89. The number of rotatable bonds is 0. The van der Waals surface area contributed by atoms with Gasteiger partial charge in [0.25, 0.3) is 0 Å². The van der Waals surface area contributed by atoms with Crippen LogP contribution < -0.4 is 0 Å². The zero-order valence-corrected chi connectivity index (χ0v) is 6.50. The molecule has 0 fully saturated rings. The molecule has 0 aliphatic carbocycles. The second-order valence-electron chi connectivity index (χ2n) is 2.54. The summed E-state index contributed by atoms with van der Waals surface area (Å²) in [6.45, 7) is 1.97. The van der Waals surface area contributed by atoms with Gasteiger partial charge in [-0.1, -0.05) is 0 Å². The van der Waals surface area contributed by atoms with E-state index >= 15 is 0 Å². The Morgan fingerprint density at radius 1 is 1.58 bits per heavy atom. The molecule has 0 amide bonds. The van der Waals surface area contributed by atoms with Gasteiger partial charge in [-0.3, -0.25) is 0 Å². The second kappa shape index (κ2) is 2.31. The van der Waals surface area contributed by atoms with Crippen LogP contribution in [0.3, 0.4) is 0 Å². The van der Waals surface area contributed by atoms with E-state index in [1.807, 2.05) is 19.2 Å². The molecule has 0 atom stereocenters. The first kappa shape index (κ1) is 6.80. The Labute approximate surface area is 68.9 Å². The van der Waals surface area contributed by atoms with Crippen LogP contribution in [0.25, 0.3) is 11.0 Å². The van der Waals surface area contributed by atoms with E-state index in [0.717, 1.165) is 16.6 Å². The van der Waals surface area contributed by atoms with Crippen LogP contribution in [-0.4, -0.2) is 15.0 Å². The maximum atomic E-state index is 8.51. The molecule has 0 aromatic carbocycles. The van der Waals surface area contributed by atoms with E-state index < -0.39 is 0 Å². The van der Waals surface area contributed by atoms with Gasteiger partial charge in [-0.25, -0.2) is 9.97 Å². The number of aromatic amines is 1. The van der Waals surface area contributed by atoms with E-state index in [4.69, 9.17) is 5.26 Å². The monoisotopic (exact) mass is 158 g/mol. The number of aromatic nitrogens is 3. The molecule has 0 aliphatic rings. The Balaban J connectivity index is 2.80. The molecule has 2 heterocycles. The minimum absolute atomic E-state index is 0.198. The van der Waals surface area contributed by atoms with Gasteiger partial charge < -0.3 is 4.98 Å². The van der Waals surface area contributed by atoms with Crippen molar-refractivity contribution < 1.29 is 0 Å². The summed E-state index contributed by atoms with van der Waals surface area (Å²) in [5.41, 5.74) is 1.81. The van der Waals surface area contributed by atoms with Crippen molar-refractivity contribution in [2.24, 2.45) is 0 Å². The molecule has 58 valence electrons. The van der Waals surface area contributed by atoms with Crippen molar-refractivity contribution in [3.63, 3.8) is 0 Å². The van der Waals surface area contributed by atoms with Crippen molar-refractivity contribution in [2.45, 2.75) is 6.92 Å². The van der Waals surface area contributed by atoms with Gasteiger partial charge in [0.1, 0.15) is 11.7 Å². The smallest absolute Gasteiger partial charge is 0.234 e. The van der Waals surface area contributed by atoms with Gasteiger partial charge in [0.2, 0.25) is 5.82 Å². The summed E-state index contributed by atoms with van der Waals surface area (Å²) >= 11 is 0. The Hall–Kier alpha value is -1.89. The highest BCUT2D eigenvalue weighted by Crippen LogP contribution is 2.13. The second-order valence-corrected chi connectivity index (χ2v) is 2.54. The molecule has 0 spiro atoms.